The van der Waals surface area contributed by atoms with Crippen LogP contribution in [0.1, 0.15) is 44.0 Å². The largest absolute Gasteiger partial charge is 0.345 e. The molecule has 1 N–H and O–H groups in total. The molecule has 2 fully saturated rings. The lowest BCUT2D eigenvalue weighted by Gasteiger charge is -2.35. The van der Waals surface area contributed by atoms with E-state index in [4.69, 9.17) is 5.26 Å². The van der Waals surface area contributed by atoms with Crippen molar-refractivity contribution in [2.45, 2.75) is 31.7 Å². The molecule has 5 rings (SSSR count). The second kappa shape index (κ2) is 13.0. The molecule has 0 unspecified atom stereocenters. The second-order valence-electron chi connectivity index (χ2n) is 10.6. The molecule has 2 saturated heterocycles. The fourth-order valence-corrected chi connectivity index (χ4v) is 5.25. The number of benzene rings is 2. The zero-order valence-corrected chi connectivity index (χ0v) is 22.7. The molecular weight excluding hydrogens is 526 g/mol. The van der Waals surface area contributed by atoms with Gasteiger partial charge >= 0.3 is 0 Å². The number of hydrogen-bond donors (Lipinski definition) is 1. The van der Waals surface area contributed by atoms with E-state index in [9.17, 15) is 18.4 Å². The van der Waals surface area contributed by atoms with E-state index < -0.39 is 18.1 Å². The highest BCUT2D eigenvalue weighted by atomic mass is 19.1. The number of alkyl halides is 1. The molecule has 41 heavy (non-hydrogen) atoms. The molecule has 1 aromatic heterocycles. The minimum absolute atomic E-state index is 0.137. The van der Waals surface area contributed by atoms with Crippen LogP contribution in [-0.2, 0) is 13.1 Å². The van der Waals surface area contributed by atoms with Crippen LogP contribution < -0.4 is 5.32 Å². The average molecular weight is 559 g/mol. The number of pyridine rings is 1. The number of aromatic nitrogens is 1. The summed E-state index contributed by atoms with van der Waals surface area (Å²) in [5, 5.41) is 11.7. The molecule has 3 aromatic rings. The van der Waals surface area contributed by atoms with E-state index in [1.165, 1.54) is 24.4 Å². The molecule has 2 aliphatic rings. The number of nitrogens with one attached hydrogen (secondary N) is 1. The van der Waals surface area contributed by atoms with Crippen molar-refractivity contribution < 1.29 is 18.4 Å². The van der Waals surface area contributed by atoms with Gasteiger partial charge in [-0.05, 0) is 53.9 Å². The standard InChI is InChI=1S/C31H32F2N6O2/c32-26-8-5-24(6-9-26)19-37-13-15-39(16-14-37)31(41)25-7-10-29(35-18-25)30(40)36-28-11-12-38(21-27(28)33)20-23-3-1-22(17-34)2-4-23/h1-10,18,27-28H,11-16,19-21H2,(H,36,40)/t27-,28+/m0/s1. The lowest BCUT2D eigenvalue weighted by Crippen LogP contribution is -2.52. The summed E-state index contributed by atoms with van der Waals surface area (Å²) in [6.07, 6.45) is 0.635. The minimum Gasteiger partial charge on any atom is -0.345 e. The Morgan fingerprint density at radius 2 is 1.56 bits per heavy atom. The maximum atomic E-state index is 14.9. The van der Waals surface area contributed by atoms with Gasteiger partial charge < -0.3 is 10.2 Å². The molecule has 0 radical (unpaired) electrons. The lowest BCUT2D eigenvalue weighted by molar-refractivity contribution is 0.0627. The van der Waals surface area contributed by atoms with Crippen molar-refractivity contribution in [3.63, 3.8) is 0 Å². The number of likely N-dealkylation sites (tertiary alicyclic amines) is 1. The summed E-state index contributed by atoms with van der Waals surface area (Å²) in [5.74, 6) is -0.874. The van der Waals surface area contributed by atoms with Gasteiger partial charge in [-0.3, -0.25) is 24.4 Å². The smallest absolute Gasteiger partial charge is 0.270 e. The van der Waals surface area contributed by atoms with Gasteiger partial charge in [-0.15, -0.1) is 0 Å². The first kappa shape index (κ1) is 28.3. The Morgan fingerprint density at radius 3 is 2.17 bits per heavy atom. The highest BCUT2D eigenvalue weighted by Gasteiger charge is 2.31. The maximum Gasteiger partial charge on any atom is 0.270 e. The summed E-state index contributed by atoms with van der Waals surface area (Å²) in [7, 11) is 0. The van der Waals surface area contributed by atoms with Crippen LogP contribution in [0.3, 0.4) is 0 Å². The lowest BCUT2D eigenvalue weighted by atomic mass is 10.0. The maximum absolute atomic E-state index is 14.9. The number of carbonyl (C=O) groups is 2. The molecule has 2 amide bonds. The van der Waals surface area contributed by atoms with E-state index in [1.54, 1.807) is 35.2 Å². The predicted octanol–water partition coefficient (Wildman–Crippen LogP) is 3.39. The summed E-state index contributed by atoms with van der Waals surface area (Å²) >= 11 is 0. The molecule has 8 nitrogen and oxygen atoms in total. The van der Waals surface area contributed by atoms with Crippen molar-refractivity contribution in [1.82, 2.24) is 25.0 Å². The van der Waals surface area contributed by atoms with E-state index in [0.717, 1.165) is 11.1 Å². The van der Waals surface area contributed by atoms with E-state index >= 15 is 0 Å². The fourth-order valence-electron chi connectivity index (χ4n) is 5.25. The Kier molecular flexibility index (Phi) is 8.97. The van der Waals surface area contributed by atoms with Gasteiger partial charge in [0.25, 0.3) is 11.8 Å². The first-order chi connectivity index (χ1) is 19.9. The van der Waals surface area contributed by atoms with Gasteiger partial charge in [-0.1, -0.05) is 24.3 Å². The number of halogens is 2. The van der Waals surface area contributed by atoms with Crippen molar-refractivity contribution in [2.24, 2.45) is 0 Å². The number of piperazine rings is 1. The Morgan fingerprint density at radius 1 is 0.902 bits per heavy atom. The average Bonchev–Trinajstić information content (AvgIpc) is 3.00. The number of rotatable bonds is 7. The van der Waals surface area contributed by atoms with Crippen LogP contribution >= 0.6 is 0 Å². The van der Waals surface area contributed by atoms with Gasteiger partial charge in [0.05, 0.1) is 23.2 Å². The Balaban J connectivity index is 1.07. The van der Waals surface area contributed by atoms with Crippen LogP contribution in [0.15, 0.2) is 66.9 Å². The van der Waals surface area contributed by atoms with Crippen LogP contribution in [0.25, 0.3) is 0 Å². The molecule has 2 aromatic carbocycles. The summed E-state index contributed by atoms with van der Waals surface area (Å²) in [5.41, 5.74) is 3.15. The van der Waals surface area contributed by atoms with E-state index in [0.29, 0.717) is 63.4 Å². The minimum atomic E-state index is -1.23. The first-order valence-corrected chi connectivity index (χ1v) is 13.8. The van der Waals surface area contributed by atoms with Crippen molar-refractivity contribution in [3.05, 3.63) is 101 Å². The second-order valence-corrected chi connectivity index (χ2v) is 10.6. The molecular formula is C31H32F2N6O2. The summed E-state index contributed by atoms with van der Waals surface area (Å²) in [6, 6.07) is 18.2. The van der Waals surface area contributed by atoms with Gasteiger partial charge in [-0.2, -0.15) is 5.26 Å². The number of hydrogen-bond acceptors (Lipinski definition) is 6. The molecule has 3 heterocycles. The number of piperidine rings is 1. The summed E-state index contributed by atoms with van der Waals surface area (Å²) in [4.78, 5) is 35.9. The third kappa shape index (κ3) is 7.31. The highest BCUT2D eigenvalue weighted by Crippen LogP contribution is 2.18. The zero-order chi connectivity index (χ0) is 28.8. The van der Waals surface area contributed by atoms with Crippen LogP contribution in [0.4, 0.5) is 8.78 Å². The molecule has 2 atom stereocenters. The first-order valence-electron chi connectivity index (χ1n) is 13.8. The normalized spacial score (nSPS) is 19.9. The van der Waals surface area contributed by atoms with Gasteiger partial charge in [-0.25, -0.2) is 8.78 Å². The van der Waals surface area contributed by atoms with Crippen molar-refractivity contribution >= 4 is 11.8 Å². The van der Waals surface area contributed by atoms with Crippen LogP contribution in [0.5, 0.6) is 0 Å². The Labute approximate surface area is 238 Å². The van der Waals surface area contributed by atoms with Gasteiger partial charge in [0.1, 0.15) is 17.7 Å². The topological polar surface area (TPSA) is 92.6 Å². The Hall–Kier alpha value is -4.20. The van der Waals surface area contributed by atoms with Crippen molar-refractivity contribution in [1.29, 1.82) is 5.26 Å². The molecule has 0 spiro atoms. The number of nitrogens with zero attached hydrogens (tertiary/aromatic N) is 5. The number of carbonyl (C=O) groups excluding carboxylic acids is 2. The van der Waals surface area contributed by atoms with Crippen LogP contribution in [0.2, 0.25) is 0 Å². The SMILES string of the molecule is N#Cc1ccc(CN2CC[C@@H](NC(=O)c3ccc(C(=O)N4CCN(Cc5ccc(F)cc5)CC4)cn3)[C@@H](F)C2)cc1. The third-order valence-corrected chi connectivity index (χ3v) is 7.65. The van der Waals surface area contributed by atoms with E-state index in [-0.39, 0.29) is 24.0 Å². The summed E-state index contributed by atoms with van der Waals surface area (Å²) in [6.45, 7) is 4.62. The van der Waals surface area contributed by atoms with Gasteiger partial charge in [0, 0.05) is 58.6 Å². The molecule has 2 aliphatic heterocycles. The fraction of sp³-hybridized carbons (Fsp3) is 0.355. The Bertz CT molecular complexity index is 1380. The third-order valence-electron chi connectivity index (χ3n) is 7.65. The monoisotopic (exact) mass is 558 g/mol. The molecule has 212 valence electrons. The molecule has 0 aliphatic carbocycles. The molecule has 10 heteroatoms. The van der Waals surface area contributed by atoms with Gasteiger partial charge in [0.15, 0.2) is 0 Å². The van der Waals surface area contributed by atoms with Crippen LogP contribution in [-0.4, -0.2) is 83.0 Å². The molecule has 0 saturated carbocycles. The van der Waals surface area contributed by atoms with Crippen molar-refractivity contribution in [3.8, 4) is 6.07 Å². The van der Waals surface area contributed by atoms with E-state index in [1.807, 2.05) is 17.0 Å². The highest BCUT2D eigenvalue weighted by molar-refractivity contribution is 5.96. The predicted molar refractivity (Wildman–Crippen MR) is 149 cm³/mol. The molecule has 0 bridgehead atoms. The summed E-state index contributed by atoms with van der Waals surface area (Å²) < 4.78 is 28.1. The number of amides is 2. The van der Waals surface area contributed by atoms with E-state index in [2.05, 4.69) is 21.3 Å². The van der Waals surface area contributed by atoms with Crippen LogP contribution in [0, 0.1) is 17.1 Å². The van der Waals surface area contributed by atoms with Crippen molar-refractivity contribution in [2.75, 3.05) is 39.3 Å². The quantitative estimate of drug-likeness (QED) is 0.478. The zero-order valence-electron chi connectivity index (χ0n) is 22.7. The van der Waals surface area contributed by atoms with Gasteiger partial charge in [0.2, 0.25) is 0 Å². The number of nitriles is 1.